The van der Waals surface area contributed by atoms with E-state index in [0.29, 0.717) is 12.3 Å². The molecule has 0 spiro atoms. The van der Waals surface area contributed by atoms with Gasteiger partial charge in [0.05, 0.1) is 11.8 Å². The molecule has 0 aliphatic rings. The normalized spacial score (nSPS) is 12.3. The number of likely N-dealkylation sites (N-methyl/N-ethyl adjacent to an activating group) is 1. The van der Waals surface area contributed by atoms with Gasteiger partial charge in [0.15, 0.2) is 0 Å². The second-order valence-electron chi connectivity index (χ2n) is 5.42. The van der Waals surface area contributed by atoms with Crippen LogP contribution in [0.25, 0.3) is 0 Å². The van der Waals surface area contributed by atoms with Gasteiger partial charge in [-0.25, -0.2) is 0 Å². The monoisotopic (exact) mass is 368 g/mol. The van der Waals surface area contributed by atoms with Gasteiger partial charge in [-0.2, -0.15) is 0 Å². The van der Waals surface area contributed by atoms with E-state index in [1.165, 1.54) is 10.4 Å². The molecule has 1 aromatic heterocycles. The number of hydrogen-bond donors (Lipinski definition) is 1. The minimum Gasteiger partial charge on any atom is -0.353 e. The molecule has 23 heavy (non-hydrogen) atoms. The lowest BCUT2D eigenvalue weighted by atomic mass is 10.2. The van der Waals surface area contributed by atoms with Gasteiger partial charge in [-0.1, -0.05) is 29.8 Å². The van der Waals surface area contributed by atoms with Gasteiger partial charge >= 0.3 is 0 Å². The minimum absolute atomic E-state index is 0.0763. The number of nitrogens with one attached hydrogen (secondary N) is 1. The van der Waals surface area contributed by atoms with Crippen molar-refractivity contribution in [1.29, 1.82) is 0 Å². The number of benzene rings is 1. The summed E-state index contributed by atoms with van der Waals surface area (Å²) in [5.74, 6) is 1.35. The SMILES string of the molecule is CN(C)C(CNC(=O)CSCc1ccc(Cl)cc1)c1cccs1. The molecule has 1 heterocycles. The molecule has 0 bridgehead atoms. The molecule has 1 unspecified atom stereocenters. The van der Waals surface area contributed by atoms with E-state index < -0.39 is 0 Å². The second-order valence-corrected chi connectivity index (χ2v) is 7.82. The molecule has 0 saturated carbocycles. The second kappa shape index (κ2) is 9.33. The Bertz CT molecular complexity index is 600. The van der Waals surface area contributed by atoms with Crippen LogP contribution in [-0.4, -0.2) is 37.2 Å². The van der Waals surface area contributed by atoms with Crippen molar-refractivity contribution in [2.75, 3.05) is 26.4 Å². The van der Waals surface area contributed by atoms with Gasteiger partial charge < -0.3 is 10.2 Å². The number of thiophene rings is 1. The Morgan fingerprint density at radius 1 is 1.30 bits per heavy atom. The molecule has 0 aliphatic heterocycles. The topological polar surface area (TPSA) is 32.3 Å². The Hall–Kier alpha value is -1.01. The fourth-order valence-corrected chi connectivity index (χ4v) is 3.99. The summed E-state index contributed by atoms with van der Waals surface area (Å²) >= 11 is 9.19. The number of nitrogens with zero attached hydrogens (tertiary/aromatic N) is 1. The number of halogens is 1. The van der Waals surface area contributed by atoms with Gasteiger partial charge in [0.2, 0.25) is 5.91 Å². The molecule has 1 aromatic carbocycles. The largest absolute Gasteiger partial charge is 0.353 e. The fraction of sp³-hybridized carbons (Fsp3) is 0.353. The molecule has 1 N–H and O–H groups in total. The fourth-order valence-electron chi connectivity index (χ4n) is 2.12. The Kier molecular flexibility index (Phi) is 7.43. The van der Waals surface area contributed by atoms with Crippen LogP contribution in [0.5, 0.6) is 0 Å². The molecule has 1 amide bonds. The lowest BCUT2D eigenvalue weighted by molar-refractivity contribution is -0.118. The number of rotatable bonds is 8. The predicted octanol–water partition coefficient (Wildman–Crippen LogP) is 4.05. The zero-order chi connectivity index (χ0) is 16.7. The number of carbonyl (C=O) groups is 1. The van der Waals surface area contributed by atoms with Gasteiger partial charge in [0, 0.05) is 22.2 Å². The highest BCUT2D eigenvalue weighted by atomic mass is 35.5. The Morgan fingerprint density at radius 2 is 2.04 bits per heavy atom. The minimum atomic E-state index is 0.0763. The summed E-state index contributed by atoms with van der Waals surface area (Å²) in [6.45, 7) is 0.633. The average Bonchev–Trinajstić information content (AvgIpc) is 3.03. The molecule has 0 radical (unpaired) electrons. The van der Waals surface area contributed by atoms with E-state index in [-0.39, 0.29) is 11.9 Å². The molecule has 124 valence electrons. The van der Waals surface area contributed by atoms with Gasteiger partial charge in [-0.15, -0.1) is 23.1 Å². The molecule has 0 saturated heterocycles. The first kappa shape index (κ1) is 18.3. The van der Waals surface area contributed by atoms with Crippen LogP contribution in [-0.2, 0) is 10.5 Å². The van der Waals surface area contributed by atoms with Crippen molar-refractivity contribution in [3.8, 4) is 0 Å². The van der Waals surface area contributed by atoms with Crippen molar-refractivity contribution in [1.82, 2.24) is 10.2 Å². The number of thioether (sulfide) groups is 1. The van der Waals surface area contributed by atoms with Crippen LogP contribution in [0.1, 0.15) is 16.5 Å². The Balaban J connectivity index is 1.73. The highest BCUT2D eigenvalue weighted by molar-refractivity contribution is 7.99. The first-order chi connectivity index (χ1) is 11.1. The Labute approximate surface area is 151 Å². The number of hydrogen-bond acceptors (Lipinski definition) is 4. The van der Waals surface area contributed by atoms with Crippen molar-refractivity contribution in [3.05, 3.63) is 57.2 Å². The summed E-state index contributed by atoms with van der Waals surface area (Å²) < 4.78 is 0. The van der Waals surface area contributed by atoms with Crippen molar-refractivity contribution in [2.45, 2.75) is 11.8 Å². The Morgan fingerprint density at radius 3 is 2.65 bits per heavy atom. The van der Waals surface area contributed by atoms with Crippen LogP contribution >= 0.6 is 34.7 Å². The van der Waals surface area contributed by atoms with Crippen molar-refractivity contribution in [3.63, 3.8) is 0 Å². The van der Waals surface area contributed by atoms with Gasteiger partial charge in [0.1, 0.15) is 0 Å². The van der Waals surface area contributed by atoms with E-state index in [0.717, 1.165) is 10.8 Å². The maximum absolute atomic E-state index is 12.0. The van der Waals surface area contributed by atoms with Crippen molar-refractivity contribution in [2.24, 2.45) is 0 Å². The van der Waals surface area contributed by atoms with Gasteiger partial charge in [0.25, 0.3) is 0 Å². The molecule has 1 atom stereocenters. The zero-order valence-electron chi connectivity index (χ0n) is 13.3. The third-order valence-corrected chi connectivity index (χ3v) is 5.63. The predicted molar refractivity (Wildman–Crippen MR) is 101 cm³/mol. The molecule has 6 heteroatoms. The van der Waals surface area contributed by atoms with Crippen LogP contribution in [0.2, 0.25) is 5.02 Å². The summed E-state index contributed by atoms with van der Waals surface area (Å²) in [5, 5.41) is 5.83. The van der Waals surface area contributed by atoms with Crippen LogP contribution in [0.15, 0.2) is 41.8 Å². The maximum atomic E-state index is 12.0. The zero-order valence-corrected chi connectivity index (χ0v) is 15.7. The summed E-state index contributed by atoms with van der Waals surface area (Å²) in [5.41, 5.74) is 1.18. The van der Waals surface area contributed by atoms with Crippen molar-refractivity contribution >= 4 is 40.6 Å². The van der Waals surface area contributed by atoms with Crippen LogP contribution in [0, 0.1) is 0 Å². The van der Waals surface area contributed by atoms with Gasteiger partial charge in [-0.3, -0.25) is 4.79 Å². The molecule has 0 fully saturated rings. The molecule has 0 aliphatic carbocycles. The van der Waals surface area contributed by atoms with E-state index >= 15 is 0 Å². The van der Waals surface area contributed by atoms with E-state index in [1.807, 2.05) is 44.4 Å². The maximum Gasteiger partial charge on any atom is 0.230 e. The van der Waals surface area contributed by atoms with E-state index in [2.05, 4.69) is 21.7 Å². The molecule has 3 nitrogen and oxygen atoms in total. The first-order valence-corrected chi connectivity index (χ1v) is 9.76. The smallest absolute Gasteiger partial charge is 0.230 e. The molecule has 2 rings (SSSR count). The average molecular weight is 369 g/mol. The van der Waals surface area contributed by atoms with Crippen LogP contribution in [0.4, 0.5) is 0 Å². The third kappa shape index (κ3) is 6.18. The van der Waals surface area contributed by atoms with Crippen molar-refractivity contribution < 1.29 is 4.79 Å². The summed E-state index contributed by atoms with van der Waals surface area (Å²) in [7, 11) is 4.07. The summed E-state index contributed by atoms with van der Waals surface area (Å²) in [6, 6.07) is 12.1. The lowest BCUT2D eigenvalue weighted by Gasteiger charge is -2.23. The highest BCUT2D eigenvalue weighted by Crippen LogP contribution is 2.22. The first-order valence-electron chi connectivity index (χ1n) is 7.35. The molecular weight excluding hydrogens is 348 g/mol. The lowest BCUT2D eigenvalue weighted by Crippen LogP contribution is -2.35. The molecule has 2 aromatic rings. The highest BCUT2D eigenvalue weighted by Gasteiger charge is 2.16. The summed E-state index contributed by atoms with van der Waals surface area (Å²) in [6.07, 6.45) is 0. The standard InChI is InChI=1S/C17H21ClN2OS2/c1-20(2)15(16-4-3-9-23-16)10-19-17(21)12-22-11-13-5-7-14(18)8-6-13/h3-9,15H,10-12H2,1-2H3,(H,19,21). The van der Waals surface area contributed by atoms with E-state index in [4.69, 9.17) is 11.6 Å². The summed E-state index contributed by atoms with van der Waals surface area (Å²) in [4.78, 5) is 15.4. The quantitative estimate of drug-likeness (QED) is 0.762. The van der Waals surface area contributed by atoms with E-state index in [1.54, 1.807) is 23.1 Å². The molecular formula is C17H21ClN2OS2. The van der Waals surface area contributed by atoms with Crippen LogP contribution in [0.3, 0.4) is 0 Å². The van der Waals surface area contributed by atoms with Crippen LogP contribution < -0.4 is 5.32 Å². The third-order valence-electron chi connectivity index (χ3n) is 3.40. The number of amides is 1. The number of carbonyl (C=O) groups excluding carboxylic acids is 1. The van der Waals surface area contributed by atoms with E-state index in [9.17, 15) is 4.79 Å². The van der Waals surface area contributed by atoms with Gasteiger partial charge in [-0.05, 0) is 43.2 Å².